The van der Waals surface area contributed by atoms with Gasteiger partial charge in [-0.25, -0.2) is 4.98 Å². The van der Waals surface area contributed by atoms with Crippen LogP contribution >= 0.6 is 11.3 Å². The van der Waals surface area contributed by atoms with E-state index in [1.165, 1.54) is 27.3 Å². The minimum Gasteiger partial charge on any atom is -0.315 e. The molecule has 0 aliphatic carbocycles. The molecule has 0 amide bonds. The fraction of sp³-hybridized carbons (Fsp3) is 0.400. The Labute approximate surface area is 112 Å². The number of aryl methyl sites for hydroxylation is 1. The van der Waals surface area contributed by atoms with Crippen molar-refractivity contribution < 1.29 is 0 Å². The molecule has 1 N–H and O–H groups in total. The van der Waals surface area contributed by atoms with Crippen LogP contribution in [0.1, 0.15) is 27.6 Å². The van der Waals surface area contributed by atoms with E-state index in [0.717, 1.165) is 18.8 Å². The summed E-state index contributed by atoms with van der Waals surface area (Å²) in [5.41, 5.74) is 6.52. The van der Waals surface area contributed by atoms with E-state index in [1.54, 1.807) is 11.3 Å². The standard InChI is InChI=1S/C15H18N2S/c1-9-4-5-13(11(3)10(9)2)14-8-18-15(17-14)12-6-16-7-12/h4-5,8,12,16H,6-7H2,1-3H3. The summed E-state index contributed by atoms with van der Waals surface area (Å²) in [7, 11) is 0. The number of nitrogens with zero attached hydrogens (tertiary/aromatic N) is 1. The molecule has 0 bridgehead atoms. The predicted molar refractivity (Wildman–Crippen MR) is 77.4 cm³/mol. The molecule has 3 rings (SSSR count). The Morgan fingerprint density at radius 2 is 1.94 bits per heavy atom. The van der Waals surface area contributed by atoms with Gasteiger partial charge in [-0.05, 0) is 37.5 Å². The molecule has 1 saturated heterocycles. The SMILES string of the molecule is Cc1ccc(-c2csc(C3CNC3)n2)c(C)c1C. The quantitative estimate of drug-likeness (QED) is 0.892. The van der Waals surface area contributed by atoms with Crippen molar-refractivity contribution >= 4 is 11.3 Å². The highest BCUT2D eigenvalue weighted by Crippen LogP contribution is 2.31. The number of aromatic nitrogens is 1. The van der Waals surface area contributed by atoms with Crippen LogP contribution in [0.4, 0.5) is 0 Å². The lowest BCUT2D eigenvalue weighted by Crippen LogP contribution is -2.39. The van der Waals surface area contributed by atoms with E-state index < -0.39 is 0 Å². The summed E-state index contributed by atoms with van der Waals surface area (Å²) in [6.07, 6.45) is 0. The maximum absolute atomic E-state index is 4.81. The van der Waals surface area contributed by atoms with Crippen molar-refractivity contribution in [2.45, 2.75) is 26.7 Å². The second kappa shape index (κ2) is 4.48. The molecule has 0 radical (unpaired) electrons. The summed E-state index contributed by atoms with van der Waals surface area (Å²) in [5, 5.41) is 6.78. The molecule has 1 fully saturated rings. The number of benzene rings is 1. The van der Waals surface area contributed by atoms with Crippen LogP contribution in [0, 0.1) is 20.8 Å². The highest BCUT2D eigenvalue weighted by atomic mass is 32.1. The molecular weight excluding hydrogens is 240 g/mol. The molecule has 1 aliphatic rings. The zero-order valence-corrected chi connectivity index (χ0v) is 11.9. The Bertz CT molecular complexity index is 582. The summed E-state index contributed by atoms with van der Waals surface area (Å²) in [6.45, 7) is 8.72. The van der Waals surface area contributed by atoms with E-state index >= 15 is 0 Å². The summed E-state index contributed by atoms with van der Waals surface area (Å²) in [4.78, 5) is 4.81. The van der Waals surface area contributed by atoms with Crippen LogP contribution in [0.25, 0.3) is 11.3 Å². The largest absolute Gasteiger partial charge is 0.315 e. The minimum atomic E-state index is 0.635. The lowest BCUT2D eigenvalue weighted by molar-refractivity contribution is 0.447. The Balaban J connectivity index is 1.99. The van der Waals surface area contributed by atoms with Gasteiger partial charge in [-0.2, -0.15) is 0 Å². The molecule has 3 heteroatoms. The number of nitrogens with one attached hydrogen (secondary N) is 1. The zero-order valence-electron chi connectivity index (χ0n) is 11.1. The van der Waals surface area contributed by atoms with Crippen molar-refractivity contribution in [1.82, 2.24) is 10.3 Å². The first-order chi connectivity index (χ1) is 8.66. The molecule has 1 aromatic heterocycles. The fourth-order valence-corrected chi connectivity index (χ4v) is 3.22. The highest BCUT2D eigenvalue weighted by Gasteiger charge is 2.22. The molecule has 2 aromatic rings. The van der Waals surface area contributed by atoms with Gasteiger partial charge in [-0.3, -0.25) is 0 Å². The van der Waals surface area contributed by atoms with Gasteiger partial charge < -0.3 is 5.32 Å². The van der Waals surface area contributed by atoms with Gasteiger partial charge in [0.05, 0.1) is 10.7 Å². The maximum atomic E-state index is 4.81. The number of hydrogen-bond donors (Lipinski definition) is 1. The maximum Gasteiger partial charge on any atom is 0.0989 e. The molecule has 1 aliphatic heterocycles. The topological polar surface area (TPSA) is 24.9 Å². The summed E-state index contributed by atoms with van der Waals surface area (Å²) in [5.74, 6) is 0.635. The van der Waals surface area contributed by atoms with Crippen molar-refractivity contribution in [3.05, 3.63) is 39.2 Å². The average molecular weight is 258 g/mol. The third-order valence-corrected chi connectivity index (χ3v) is 4.99. The van der Waals surface area contributed by atoms with E-state index in [0.29, 0.717) is 5.92 Å². The molecule has 2 heterocycles. The summed E-state index contributed by atoms with van der Waals surface area (Å²) >= 11 is 1.80. The van der Waals surface area contributed by atoms with Crippen LogP contribution in [-0.4, -0.2) is 18.1 Å². The Morgan fingerprint density at radius 3 is 2.61 bits per heavy atom. The van der Waals surface area contributed by atoms with Crippen LogP contribution in [0.15, 0.2) is 17.5 Å². The van der Waals surface area contributed by atoms with Crippen molar-refractivity contribution in [3.63, 3.8) is 0 Å². The molecule has 0 unspecified atom stereocenters. The number of hydrogen-bond acceptors (Lipinski definition) is 3. The van der Waals surface area contributed by atoms with E-state index in [-0.39, 0.29) is 0 Å². The monoisotopic (exact) mass is 258 g/mol. The van der Waals surface area contributed by atoms with Gasteiger partial charge in [0.2, 0.25) is 0 Å². The molecule has 0 spiro atoms. The minimum absolute atomic E-state index is 0.635. The van der Waals surface area contributed by atoms with Crippen LogP contribution in [0.5, 0.6) is 0 Å². The van der Waals surface area contributed by atoms with E-state index in [2.05, 4.69) is 43.6 Å². The lowest BCUT2D eigenvalue weighted by Gasteiger charge is -2.24. The van der Waals surface area contributed by atoms with Crippen molar-refractivity contribution in [2.75, 3.05) is 13.1 Å². The van der Waals surface area contributed by atoms with Gasteiger partial charge in [-0.15, -0.1) is 11.3 Å². The van der Waals surface area contributed by atoms with Gasteiger partial charge >= 0.3 is 0 Å². The Kier molecular flexibility index (Phi) is 2.96. The van der Waals surface area contributed by atoms with Crippen LogP contribution in [-0.2, 0) is 0 Å². The van der Waals surface area contributed by atoms with Crippen molar-refractivity contribution in [1.29, 1.82) is 0 Å². The average Bonchev–Trinajstić information content (AvgIpc) is 2.73. The fourth-order valence-electron chi connectivity index (χ4n) is 2.30. The van der Waals surface area contributed by atoms with E-state index in [4.69, 9.17) is 4.98 Å². The van der Waals surface area contributed by atoms with Crippen molar-refractivity contribution in [2.24, 2.45) is 0 Å². The molecule has 0 saturated carbocycles. The molecule has 94 valence electrons. The lowest BCUT2D eigenvalue weighted by atomic mass is 9.97. The van der Waals surface area contributed by atoms with Crippen molar-refractivity contribution in [3.8, 4) is 11.3 Å². The first-order valence-corrected chi connectivity index (χ1v) is 7.28. The number of rotatable bonds is 2. The van der Waals surface area contributed by atoms with Crippen LogP contribution in [0.2, 0.25) is 0 Å². The Hall–Kier alpha value is -1.19. The van der Waals surface area contributed by atoms with Crippen LogP contribution < -0.4 is 5.32 Å². The van der Waals surface area contributed by atoms with Gasteiger partial charge in [0.15, 0.2) is 0 Å². The van der Waals surface area contributed by atoms with E-state index in [9.17, 15) is 0 Å². The van der Waals surface area contributed by atoms with Gasteiger partial charge in [0.25, 0.3) is 0 Å². The second-order valence-electron chi connectivity index (χ2n) is 5.11. The molecule has 0 atom stereocenters. The third kappa shape index (κ3) is 1.88. The van der Waals surface area contributed by atoms with Gasteiger partial charge in [-0.1, -0.05) is 12.1 Å². The zero-order chi connectivity index (χ0) is 12.7. The van der Waals surface area contributed by atoms with Gasteiger partial charge in [0, 0.05) is 30.0 Å². The normalized spacial score (nSPS) is 15.7. The van der Waals surface area contributed by atoms with Gasteiger partial charge in [0.1, 0.15) is 0 Å². The molecule has 18 heavy (non-hydrogen) atoms. The third-order valence-electron chi connectivity index (χ3n) is 3.99. The highest BCUT2D eigenvalue weighted by molar-refractivity contribution is 7.10. The number of thiazole rings is 1. The smallest absolute Gasteiger partial charge is 0.0989 e. The van der Waals surface area contributed by atoms with Crippen LogP contribution in [0.3, 0.4) is 0 Å². The molecule has 1 aromatic carbocycles. The van der Waals surface area contributed by atoms with E-state index in [1.807, 2.05) is 0 Å². The Morgan fingerprint density at radius 1 is 1.17 bits per heavy atom. The summed E-state index contributed by atoms with van der Waals surface area (Å²) < 4.78 is 0. The molecule has 2 nitrogen and oxygen atoms in total. The first-order valence-electron chi connectivity index (χ1n) is 6.40. The first kappa shape index (κ1) is 11.9. The second-order valence-corrected chi connectivity index (χ2v) is 6.00. The molecular formula is C15H18N2S. The summed E-state index contributed by atoms with van der Waals surface area (Å²) in [6, 6.07) is 4.40. The predicted octanol–water partition coefficient (Wildman–Crippen LogP) is 3.42.